The molecule has 1 heterocycles. The van der Waals surface area contributed by atoms with Crippen LogP contribution in [0.15, 0.2) is 47.4 Å². The minimum atomic E-state index is -4.35. The van der Waals surface area contributed by atoms with Gasteiger partial charge in [-0.1, -0.05) is 42.5 Å². The highest BCUT2D eigenvalue weighted by molar-refractivity contribution is 7.89. The minimum Gasteiger partial charge on any atom is -0.481 e. The van der Waals surface area contributed by atoms with Crippen molar-refractivity contribution in [1.82, 2.24) is 14.5 Å². The van der Waals surface area contributed by atoms with E-state index in [1.807, 2.05) is 0 Å². The Morgan fingerprint density at radius 3 is 2.28 bits per heavy atom. The topological polar surface area (TPSA) is 124 Å². The molecule has 39 heavy (non-hydrogen) atoms. The number of rotatable bonds is 8. The Bertz CT molecular complexity index is 1350. The highest BCUT2D eigenvalue weighted by Gasteiger charge is 2.47. The first kappa shape index (κ1) is 29.3. The molecule has 210 valence electrons. The van der Waals surface area contributed by atoms with Crippen LogP contribution in [0.3, 0.4) is 0 Å². The summed E-state index contributed by atoms with van der Waals surface area (Å²) in [5, 5.41) is 12.4. The van der Waals surface area contributed by atoms with Crippen molar-refractivity contribution in [3.05, 3.63) is 63.9 Å². The van der Waals surface area contributed by atoms with Crippen molar-refractivity contribution in [1.29, 1.82) is 0 Å². The molecule has 2 atom stereocenters. The Balaban J connectivity index is 1.70. The van der Waals surface area contributed by atoms with Crippen LogP contribution in [0.4, 0.5) is 4.39 Å². The number of amides is 2. The highest BCUT2D eigenvalue weighted by atomic mass is 35.5. The number of nitrogens with zero attached hydrogens (tertiary/aromatic N) is 2. The normalized spacial score (nSPS) is 19.6. The number of aliphatic carboxylic acids is 1. The molecule has 1 saturated carbocycles. The lowest BCUT2D eigenvalue weighted by Gasteiger charge is -2.34. The summed E-state index contributed by atoms with van der Waals surface area (Å²) in [5.74, 6) is -3.24. The fourth-order valence-corrected chi connectivity index (χ4v) is 7.13. The molecule has 1 aliphatic carbocycles. The fraction of sp³-hybridized carbons (Fsp3) is 0.423. The Morgan fingerprint density at radius 2 is 1.67 bits per heavy atom. The van der Waals surface area contributed by atoms with Crippen LogP contribution < -0.4 is 5.32 Å². The van der Waals surface area contributed by atoms with Gasteiger partial charge in [-0.2, -0.15) is 4.31 Å². The van der Waals surface area contributed by atoms with Gasteiger partial charge in [-0.25, -0.2) is 12.8 Å². The zero-order chi connectivity index (χ0) is 28.3. The number of carbonyl (C=O) groups excluding carboxylic acids is 2. The lowest BCUT2D eigenvalue weighted by Crippen LogP contribution is -2.56. The zero-order valence-electron chi connectivity index (χ0n) is 20.9. The summed E-state index contributed by atoms with van der Waals surface area (Å²) in [6.45, 7) is -0.331. The van der Waals surface area contributed by atoms with E-state index in [-0.39, 0.29) is 45.9 Å². The van der Waals surface area contributed by atoms with Crippen LogP contribution in [0.5, 0.6) is 0 Å². The Morgan fingerprint density at radius 1 is 1.00 bits per heavy atom. The van der Waals surface area contributed by atoms with E-state index in [4.69, 9.17) is 23.2 Å². The van der Waals surface area contributed by atoms with Crippen molar-refractivity contribution in [2.45, 2.75) is 55.6 Å². The van der Waals surface area contributed by atoms with E-state index in [9.17, 15) is 32.3 Å². The van der Waals surface area contributed by atoms with Crippen molar-refractivity contribution >= 4 is 51.0 Å². The summed E-state index contributed by atoms with van der Waals surface area (Å²) in [7, 11) is -4.35. The van der Waals surface area contributed by atoms with E-state index in [1.54, 1.807) is 0 Å². The predicted octanol–water partition coefficient (Wildman–Crippen LogP) is 4.15. The van der Waals surface area contributed by atoms with Gasteiger partial charge in [0.05, 0.1) is 21.4 Å². The number of carbonyl (C=O) groups is 3. The molecule has 2 aromatic rings. The van der Waals surface area contributed by atoms with Crippen LogP contribution in [0.1, 0.15) is 48.9 Å². The van der Waals surface area contributed by atoms with Crippen molar-refractivity contribution in [2.75, 3.05) is 13.1 Å². The molecule has 2 aliphatic rings. The molecule has 0 aromatic heterocycles. The summed E-state index contributed by atoms with van der Waals surface area (Å²) in [5.41, 5.74) is 0.0670. The number of sulfonamides is 1. The SMILES string of the molecule is O=C(O)CC(NC(=O)C1N(C(=O)c2ccc(F)cc2)CCN1S(=O)(=O)c1ccc(Cl)c(Cl)c1)C1CCCCC1. The molecule has 13 heteroatoms. The zero-order valence-corrected chi connectivity index (χ0v) is 23.2. The Labute approximate surface area is 235 Å². The molecule has 2 N–H and O–H groups in total. The van der Waals surface area contributed by atoms with Crippen LogP contribution in [-0.2, 0) is 19.6 Å². The van der Waals surface area contributed by atoms with Crippen molar-refractivity contribution < 1.29 is 32.3 Å². The molecular weight excluding hydrogens is 572 g/mol. The second kappa shape index (κ2) is 12.2. The van der Waals surface area contributed by atoms with Gasteiger partial charge in [0.15, 0.2) is 6.17 Å². The number of benzene rings is 2. The summed E-state index contributed by atoms with van der Waals surface area (Å²) in [6.07, 6.45) is 2.32. The van der Waals surface area contributed by atoms with Gasteiger partial charge in [0.25, 0.3) is 11.8 Å². The van der Waals surface area contributed by atoms with Gasteiger partial charge >= 0.3 is 5.97 Å². The molecule has 2 amide bonds. The van der Waals surface area contributed by atoms with Crippen LogP contribution in [0, 0.1) is 11.7 Å². The van der Waals surface area contributed by atoms with Gasteiger partial charge in [0, 0.05) is 24.7 Å². The summed E-state index contributed by atoms with van der Waals surface area (Å²) in [6, 6.07) is 7.66. The van der Waals surface area contributed by atoms with Crippen LogP contribution in [0.25, 0.3) is 0 Å². The first-order chi connectivity index (χ1) is 18.5. The third-order valence-electron chi connectivity index (χ3n) is 7.15. The van der Waals surface area contributed by atoms with Gasteiger partial charge in [-0.3, -0.25) is 14.4 Å². The standard InChI is InChI=1S/C26H28Cl2FN3O6S/c27-20-11-10-19(14-21(20)28)39(37,38)32-13-12-31(26(36)17-6-8-18(29)9-7-17)25(32)24(35)30-22(15-23(33)34)16-4-2-1-3-5-16/h6-11,14,16,22,25H,1-5,12-13,15H2,(H,30,35)(H,33,34). The summed E-state index contributed by atoms with van der Waals surface area (Å²) < 4.78 is 41.7. The lowest BCUT2D eigenvalue weighted by molar-refractivity contribution is -0.138. The van der Waals surface area contributed by atoms with E-state index in [0.29, 0.717) is 0 Å². The van der Waals surface area contributed by atoms with E-state index in [1.165, 1.54) is 24.3 Å². The first-order valence-corrected chi connectivity index (χ1v) is 14.7. The molecule has 2 aromatic carbocycles. The van der Waals surface area contributed by atoms with E-state index in [2.05, 4.69) is 5.32 Å². The third kappa shape index (κ3) is 6.54. The Kier molecular flexibility index (Phi) is 9.15. The predicted molar refractivity (Wildman–Crippen MR) is 142 cm³/mol. The van der Waals surface area contributed by atoms with Crippen molar-refractivity contribution in [3.63, 3.8) is 0 Å². The largest absolute Gasteiger partial charge is 0.481 e. The van der Waals surface area contributed by atoms with Gasteiger partial charge in [-0.15, -0.1) is 0 Å². The third-order valence-corrected chi connectivity index (χ3v) is 9.74. The maximum Gasteiger partial charge on any atom is 0.305 e. The number of hydrogen-bond donors (Lipinski definition) is 2. The van der Waals surface area contributed by atoms with Gasteiger partial charge in [-0.05, 0) is 61.2 Å². The molecule has 0 radical (unpaired) electrons. The Hall–Kier alpha value is -2.73. The van der Waals surface area contributed by atoms with E-state index >= 15 is 0 Å². The average molecular weight is 600 g/mol. The minimum absolute atomic E-state index is 0.00370. The number of hydrogen-bond acceptors (Lipinski definition) is 5. The molecule has 0 bridgehead atoms. The number of carboxylic acid groups (broad SMARTS) is 1. The number of halogens is 3. The second-order valence-electron chi connectivity index (χ2n) is 9.68. The van der Waals surface area contributed by atoms with Gasteiger partial charge in [0.2, 0.25) is 10.0 Å². The molecule has 0 spiro atoms. The summed E-state index contributed by atoms with van der Waals surface area (Å²) >= 11 is 12.0. The molecule has 9 nitrogen and oxygen atoms in total. The maximum absolute atomic E-state index is 13.8. The lowest BCUT2D eigenvalue weighted by atomic mass is 9.82. The average Bonchev–Trinajstić information content (AvgIpc) is 3.36. The van der Waals surface area contributed by atoms with Crippen molar-refractivity contribution in [2.24, 2.45) is 5.92 Å². The van der Waals surface area contributed by atoms with Gasteiger partial charge in [0.1, 0.15) is 5.82 Å². The summed E-state index contributed by atoms with van der Waals surface area (Å²) in [4.78, 5) is 39.7. The van der Waals surface area contributed by atoms with E-state index < -0.39 is 45.8 Å². The fourth-order valence-electron chi connectivity index (χ4n) is 5.19. The maximum atomic E-state index is 13.8. The number of carboxylic acids is 1. The highest BCUT2D eigenvalue weighted by Crippen LogP contribution is 2.32. The van der Waals surface area contributed by atoms with Crippen molar-refractivity contribution in [3.8, 4) is 0 Å². The van der Waals surface area contributed by atoms with E-state index in [0.717, 1.165) is 59.5 Å². The molecule has 2 fully saturated rings. The molecule has 4 rings (SSSR count). The van der Waals surface area contributed by atoms with Crippen LogP contribution in [0.2, 0.25) is 10.0 Å². The quantitative estimate of drug-likeness (QED) is 0.470. The smallest absolute Gasteiger partial charge is 0.305 e. The van der Waals surface area contributed by atoms with Gasteiger partial charge < -0.3 is 15.3 Å². The molecule has 2 unspecified atom stereocenters. The van der Waals surface area contributed by atoms with Crippen LogP contribution in [-0.4, -0.2) is 65.8 Å². The monoisotopic (exact) mass is 599 g/mol. The molecule has 1 saturated heterocycles. The molecule has 1 aliphatic heterocycles. The first-order valence-electron chi connectivity index (χ1n) is 12.5. The van der Waals surface area contributed by atoms with Crippen LogP contribution >= 0.6 is 23.2 Å². The second-order valence-corrected chi connectivity index (χ2v) is 12.4. The number of nitrogens with one attached hydrogen (secondary N) is 1. The molecular formula is C26H28Cl2FN3O6S.